The van der Waals surface area contributed by atoms with Gasteiger partial charge in [0.15, 0.2) is 0 Å². The zero-order valence-corrected chi connectivity index (χ0v) is 14.8. The smallest absolute Gasteiger partial charge is 0.334 e. The number of benzene rings is 2. The normalized spacial score (nSPS) is 11.9. The van der Waals surface area contributed by atoms with Crippen LogP contribution in [0.2, 0.25) is 0 Å². The number of rotatable bonds is 5. The van der Waals surface area contributed by atoms with Crippen LogP contribution in [0.4, 0.5) is 4.39 Å². The molecule has 0 aliphatic rings. The quantitative estimate of drug-likeness (QED) is 0.663. The molecule has 0 heterocycles. The summed E-state index contributed by atoms with van der Waals surface area (Å²) in [5.74, 6) is -1.66. The molecule has 0 bridgehead atoms. The highest BCUT2D eigenvalue weighted by Crippen LogP contribution is 2.18. The summed E-state index contributed by atoms with van der Waals surface area (Å²) in [6.07, 6.45) is 0. The number of halogens is 1. The van der Waals surface area contributed by atoms with E-state index in [9.17, 15) is 14.0 Å². The van der Waals surface area contributed by atoms with Crippen molar-refractivity contribution >= 4 is 11.9 Å². The van der Waals surface area contributed by atoms with Gasteiger partial charge in [0.05, 0.1) is 5.56 Å². The van der Waals surface area contributed by atoms with Crippen LogP contribution in [0.5, 0.6) is 5.75 Å². The first-order chi connectivity index (χ1) is 11.8. The van der Waals surface area contributed by atoms with Gasteiger partial charge in [0.1, 0.15) is 17.6 Å². The van der Waals surface area contributed by atoms with Crippen molar-refractivity contribution in [1.29, 1.82) is 0 Å². The average molecular weight is 343 g/mol. The van der Waals surface area contributed by atoms with Crippen molar-refractivity contribution in [3.8, 4) is 5.75 Å². The molecule has 0 saturated heterocycles. The van der Waals surface area contributed by atoms with Gasteiger partial charge in [-0.3, -0.25) is 4.79 Å². The van der Waals surface area contributed by atoms with Crippen molar-refractivity contribution < 1.29 is 18.7 Å². The van der Waals surface area contributed by atoms with Gasteiger partial charge >= 0.3 is 5.97 Å². The van der Waals surface area contributed by atoms with Crippen LogP contribution in [-0.4, -0.2) is 17.9 Å². The number of esters is 1. The average Bonchev–Trinajstić information content (AvgIpc) is 2.55. The predicted octanol–water partition coefficient (Wildman–Crippen LogP) is 3.80. The fourth-order valence-electron chi connectivity index (χ4n) is 2.32. The van der Waals surface area contributed by atoms with Crippen molar-refractivity contribution in [3.05, 3.63) is 65.0 Å². The molecular weight excluding hydrogens is 321 g/mol. The summed E-state index contributed by atoms with van der Waals surface area (Å²) in [5, 5.41) is 2.57. The molecule has 132 valence electrons. The van der Waals surface area contributed by atoms with Crippen LogP contribution in [0, 0.1) is 25.6 Å². The van der Waals surface area contributed by atoms with Crippen LogP contribution >= 0.6 is 0 Å². The van der Waals surface area contributed by atoms with Crippen LogP contribution in [0.25, 0.3) is 0 Å². The first-order valence-electron chi connectivity index (χ1n) is 8.14. The molecule has 2 aromatic carbocycles. The zero-order chi connectivity index (χ0) is 18.6. The van der Waals surface area contributed by atoms with Gasteiger partial charge in [-0.05, 0) is 55.2 Å². The van der Waals surface area contributed by atoms with Gasteiger partial charge in [-0.1, -0.05) is 32.0 Å². The SMILES string of the molecule is Cc1ccc(OC(=O)[C@@H](NC(=O)c2ccccc2F)C(C)C)cc1C. The number of hydrogen-bond acceptors (Lipinski definition) is 3. The van der Waals surface area contributed by atoms with Gasteiger partial charge in [-0.25, -0.2) is 9.18 Å². The van der Waals surface area contributed by atoms with E-state index in [0.29, 0.717) is 5.75 Å². The molecule has 4 nitrogen and oxygen atoms in total. The summed E-state index contributed by atoms with van der Waals surface area (Å²) < 4.78 is 19.1. The lowest BCUT2D eigenvalue weighted by Crippen LogP contribution is -2.46. The Bertz CT molecular complexity index is 786. The van der Waals surface area contributed by atoms with E-state index in [1.54, 1.807) is 32.0 Å². The molecule has 1 N–H and O–H groups in total. The third-order valence-electron chi connectivity index (χ3n) is 4.02. The lowest BCUT2D eigenvalue weighted by molar-refractivity contribution is -0.137. The Labute approximate surface area is 147 Å². The highest BCUT2D eigenvalue weighted by molar-refractivity contribution is 5.97. The molecule has 0 spiro atoms. The maximum atomic E-state index is 13.7. The van der Waals surface area contributed by atoms with E-state index in [1.165, 1.54) is 18.2 Å². The summed E-state index contributed by atoms with van der Waals surface area (Å²) in [6, 6.07) is 10.1. The number of nitrogens with one attached hydrogen (secondary N) is 1. The lowest BCUT2D eigenvalue weighted by atomic mass is 10.0. The number of carbonyl (C=O) groups is 2. The lowest BCUT2D eigenvalue weighted by Gasteiger charge is -2.21. The maximum Gasteiger partial charge on any atom is 0.334 e. The molecule has 2 aromatic rings. The van der Waals surface area contributed by atoms with E-state index in [-0.39, 0.29) is 11.5 Å². The van der Waals surface area contributed by atoms with Crippen molar-refractivity contribution in [2.24, 2.45) is 5.92 Å². The minimum absolute atomic E-state index is 0.105. The van der Waals surface area contributed by atoms with Crippen molar-refractivity contribution in [1.82, 2.24) is 5.32 Å². The predicted molar refractivity (Wildman–Crippen MR) is 94.0 cm³/mol. The number of amides is 1. The summed E-state index contributed by atoms with van der Waals surface area (Å²) in [5.41, 5.74) is 1.99. The highest BCUT2D eigenvalue weighted by Gasteiger charge is 2.27. The van der Waals surface area contributed by atoms with Crippen LogP contribution < -0.4 is 10.1 Å². The maximum absolute atomic E-state index is 13.7. The second kappa shape index (κ2) is 7.92. The fourth-order valence-corrected chi connectivity index (χ4v) is 2.32. The first kappa shape index (κ1) is 18.6. The van der Waals surface area contributed by atoms with Gasteiger partial charge in [0, 0.05) is 0 Å². The van der Waals surface area contributed by atoms with E-state index in [1.807, 2.05) is 19.9 Å². The molecule has 25 heavy (non-hydrogen) atoms. The van der Waals surface area contributed by atoms with E-state index >= 15 is 0 Å². The van der Waals surface area contributed by atoms with Crippen molar-refractivity contribution in [2.75, 3.05) is 0 Å². The van der Waals surface area contributed by atoms with E-state index in [4.69, 9.17) is 4.74 Å². The fraction of sp³-hybridized carbons (Fsp3) is 0.300. The van der Waals surface area contributed by atoms with Crippen LogP contribution in [0.1, 0.15) is 35.3 Å². The van der Waals surface area contributed by atoms with Crippen LogP contribution in [-0.2, 0) is 4.79 Å². The van der Waals surface area contributed by atoms with Gasteiger partial charge in [0.2, 0.25) is 0 Å². The zero-order valence-electron chi connectivity index (χ0n) is 14.8. The molecule has 0 aliphatic carbocycles. The second-order valence-corrected chi connectivity index (χ2v) is 6.34. The Morgan fingerprint density at radius 2 is 1.72 bits per heavy atom. The topological polar surface area (TPSA) is 55.4 Å². The second-order valence-electron chi connectivity index (χ2n) is 6.34. The van der Waals surface area contributed by atoms with Crippen LogP contribution in [0.3, 0.4) is 0 Å². The Morgan fingerprint density at radius 3 is 2.32 bits per heavy atom. The Kier molecular flexibility index (Phi) is 5.91. The minimum Gasteiger partial charge on any atom is -0.425 e. The van der Waals surface area contributed by atoms with Gasteiger partial charge in [-0.15, -0.1) is 0 Å². The van der Waals surface area contributed by atoms with E-state index in [2.05, 4.69) is 5.32 Å². The number of hydrogen-bond donors (Lipinski definition) is 1. The third-order valence-corrected chi connectivity index (χ3v) is 4.02. The highest BCUT2D eigenvalue weighted by atomic mass is 19.1. The Balaban J connectivity index is 2.14. The number of ether oxygens (including phenoxy) is 1. The Morgan fingerprint density at radius 1 is 1.04 bits per heavy atom. The largest absolute Gasteiger partial charge is 0.425 e. The standard InChI is InChI=1S/C20H22FNO3/c1-12(2)18(22-19(23)16-7-5-6-8-17(16)21)20(24)25-15-10-9-13(3)14(4)11-15/h5-12,18H,1-4H3,(H,22,23)/t18-/m0/s1. The minimum atomic E-state index is -0.881. The summed E-state index contributed by atoms with van der Waals surface area (Å²) in [6.45, 7) is 7.46. The molecule has 2 rings (SSSR count). The summed E-state index contributed by atoms with van der Waals surface area (Å²) in [4.78, 5) is 24.7. The number of carbonyl (C=O) groups excluding carboxylic acids is 2. The molecule has 0 fully saturated rings. The molecule has 0 aromatic heterocycles. The molecule has 0 saturated carbocycles. The molecule has 1 atom stereocenters. The molecule has 1 amide bonds. The monoisotopic (exact) mass is 343 g/mol. The molecule has 0 radical (unpaired) electrons. The third kappa shape index (κ3) is 4.66. The summed E-state index contributed by atoms with van der Waals surface area (Å²) in [7, 11) is 0. The van der Waals surface area contributed by atoms with Crippen LogP contribution in [0.15, 0.2) is 42.5 Å². The van der Waals surface area contributed by atoms with E-state index < -0.39 is 23.7 Å². The molecule has 5 heteroatoms. The summed E-state index contributed by atoms with van der Waals surface area (Å²) >= 11 is 0. The van der Waals surface area contributed by atoms with Gasteiger partial charge < -0.3 is 10.1 Å². The van der Waals surface area contributed by atoms with Gasteiger partial charge in [-0.2, -0.15) is 0 Å². The van der Waals surface area contributed by atoms with E-state index in [0.717, 1.165) is 11.1 Å². The van der Waals surface area contributed by atoms with Crippen molar-refractivity contribution in [2.45, 2.75) is 33.7 Å². The first-order valence-corrected chi connectivity index (χ1v) is 8.14. The molecular formula is C20H22FNO3. The Hall–Kier alpha value is -2.69. The van der Waals surface area contributed by atoms with Gasteiger partial charge in [0.25, 0.3) is 5.91 Å². The number of aryl methyl sites for hydroxylation is 2. The van der Waals surface area contributed by atoms with Crippen molar-refractivity contribution in [3.63, 3.8) is 0 Å². The molecule has 0 aliphatic heterocycles. The molecule has 0 unspecified atom stereocenters.